The van der Waals surface area contributed by atoms with Crippen LogP contribution in [0.4, 0.5) is 5.69 Å². The largest absolute Gasteiger partial charge is 0.336 e. The van der Waals surface area contributed by atoms with E-state index >= 15 is 0 Å². The summed E-state index contributed by atoms with van der Waals surface area (Å²) in [5.74, 6) is -0.0751. The van der Waals surface area contributed by atoms with Gasteiger partial charge in [0.2, 0.25) is 0 Å². The number of piperazine rings is 1. The Kier molecular flexibility index (Phi) is 7.26. The quantitative estimate of drug-likeness (QED) is 0.380. The number of benzene rings is 4. The molecule has 0 saturated carbocycles. The van der Waals surface area contributed by atoms with E-state index in [0.29, 0.717) is 24.3 Å². The third kappa shape index (κ3) is 5.84. The number of rotatable bonds is 7. The molecule has 0 spiro atoms. The Balaban J connectivity index is 1.24. The summed E-state index contributed by atoms with van der Waals surface area (Å²) in [7, 11) is -3.81. The second-order valence-electron chi connectivity index (χ2n) is 9.51. The van der Waals surface area contributed by atoms with Gasteiger partial charge in [-0.15, -0.1) is 0 Å². The molecule has 1 heterocycles. The second kappa shape index (κ2) is 10.7. The number of amides is 1. The number of hydrogen-bond acceptors (Lipinski definition) is 4. The summed E-state index contributed by atoms with van der Waals surface area (Å²) in [6.45, 7) is 5.76. The Bertz CT molecular complexity index is 1510. The van der Waals surface area contributed by atoms with Gasteiger partial charge in [-0.1, -0.05) is 66.7 Å². The minimum atomic E-state index is -3.81. The van der Waals surface area contributed by atoms with Gasteiger partial charge >= 0.3 is 0 Å². The fourth-order valence-electron chi connectivity index (χ4n) is 4.69. The predicted molar refractivity (Wildman–Crippen MR) is 148 cm³/mol. The standard InChI is InChI=1S/C30H31N3O3S/c1-23-11-12-27(30(34)33-19-17-32(18-20-33)16-15-24-7-3-2-4-8-24)22-29(23)31-37(35,36)28-14-13-25-9-5-6-10-26(25)21-28/h2-14,21-22,31H,15-20H2,1H3. The summed E-state index contributed by atoms with van der Waals surface area (Å²) in [5.41, 5.74) is 2.98. The van der Waals surface area contributed by atoms with Crippen LogP contribution in [0.2, 0.25) is 0 Å². The van der Waals surface area contributed by atoms with E-state index < -0.39 is 10.0 Å². The van der Waals surface area contributed by atoms with Gasteiger partial charge in [0.25, 0.3) is 15.9 Å². The zero-order valence-electron chi connectivity index (χ0n) is 20.9. The molecule has 190 valence electrons. The monoisotopic (exact) mass is 513 g/mol. The van der Waals surface area contributed by atoms with Crippen molar-refractivity contribution in [2.75, 3.05) is 37.4 Å². The van der Waals surface area contributed by atoms with E-state index in [4.69, 9.17) is 0 Å². The van der Waals surface area contributed by atoms with Crippen molar-refractivity contribution in [2.24, 2.45) is 0 Å². The highest BCUT2D eigenvalue weighted by molar-refractivity contribution is 7.92. The number of aryl methyl sites for hydroxylation is 1. The van der Waals surface area contributed by atoms with E-state index in [1.54, 1.807) is 36.4 Å². The average Bonchev–Trinajstić information content (AvgIpc) is 2.93. The van der Waals surface area contributed by atoms with Crippen LogP contribution in [0.3, 0.4) is 0 Å². The summed E-state index contributed by atoms with van der Waals surface area (Å²) in [5, 5.41) is 1.83. The molecule has 0 aromatic heterocycles. The normalized spacial score (nSPS) is 14.6. The van der Waals surface area contributed by atoms with Crippen LogP contribution >= 0.6 is 0 Å². The number of fused-ring (bicyclic) bond motifs is 1. The van der Waals surface area contributed by atoms with Crippen molar-refractivity contribution in [1.29, 1.82) is 0 Å². The number of sulfonamides is 1. The molecule has 1 saturated heterocycles. The molecule has 1 amide bonds. The van der Waals surface area contributed by atoms with E-state index in [2.05, 4.69) is 33.9 Å². The molecule has 4 aromatic rings. The van der Waals surface area contributed by atoms with Crippen LogP contribution in [-0.4, -0.2) is 56.8 Å². The Morgan fingerprint density at radius 2 is 1.51 bits per heavy atom. The van der Waals surface area contributed by atoms with Crippen LogP contribution in [0.15, 0.2) is 95.9 Å². The third-order valence-corrected chi connectivity index (χ3v) is 8.34. The molecule has 6 nitrogen and oxygen atoms in total. The lowest BCUT2D eigenvalue weighted by Gasteiger charge is -2.35. The summed E-state index contributed by atoms with van der Waals surface area (Å²) in [4.78, 5) is 17.7. The molecule has 0 bridgehead atoms. The van der Waals surface area contributed by atoms with Crippen LogP contribution < -0.4 is 4.72 Å². The summed E-state index contributed by atoms with van der Waals surface area (Å²) < 4.78 is 29.0. The molecule has 0 aliphatic carbocycles. The molecule has 4 aromatic carbocycles. The number of hydrogen-bond donors (Lipinski definition) is 1. The lowest BCUT2D eigenvalue weighted by Crippen LogP contribution is -2.49. The van der Waals surface area contributed by atoms with Crippen molar-refractivity contribution in [3.63, 3.8) is 0 Å². The van der Waals surface area contributed by atoms with E-state index in [1.807, 2.05) is 42.2 Å². The fraction of sp³-hybridized carbons (Fsp3) is 0.233. The molecule has 1 fully saturated rings. The van der Waals surface area contributed by atoms with Crippen molar-refractivity contribution in [2.45, 2.75) is 18.2 Å². The molecule has 1 aliphatic rings. The van der Waals surface area contributed by atoms with Crippen LogP contribution in [0, 0.1) is 6.92 Å². The molecule has 0 radical (unpaired) electrons. The maximum atomic E-state index is 13.3. The summed E-state index contributed by atoms with van der Waals surface area (Å²) >= 11 is 0. The minimum absolute atomic E-state index is 0.0751. The summed E-state index contributed by atoms with van der Waals surface area (Å²) in [6, 6.07) is 28.4. The zero-order valence-corrected chi connectivity index (χ0v) is 21.7. The first kappa shape index (κ1) is 25.0. The number of nitrogens with zero attached hydrogens (tertiary/aromatic N) is 2. The highest BCUT2D eigenvalue weighted by Gasteiger charge is 2.23. The molecular weight excluding hydrogens is 482 g/mol. The Labute approximate surface area is 218 Å². The number of nitrogens with one attached hydrogen (secondary N) is 1. The van der Waals surface area contributed by atoms with Crippen LogP contribution in [0.1, 0.15) is 21.5 Å². The Morgan fingerprint density at radius 3 is 2.27 bits per heavy atom. The topological polar surface area (TPSA) is 69.7 Å². The number of anilines is 1. The van der Waals surface area contributed by atoms with Crippen molar-refractivity contribution >= 4 is 32.4 Å². The molecular formula is C30H31N3O3S. The highest BCUT2D eigenvalue weighted by Crippen LogP contribution is 2.25. The molecule has 5 rings (SSSR count). The molecule has 7 heteroatoms. The van der Waals surface area contributed by atoms with E-state index in [1.165, 1.54) is 5.56 Å². The van der Waals surface area contributed by atoms with Gasteiger partial charge in [0.1, 0.15) is 0 Å². The molecule has 37 heavy (non-hydrogen) atoms. The smallest absolute Gasteiger partial charge is 0.261 e. The zero-order chi connectivity index (χ0) is 25.8. The first-order chi connectivity index (χ1) is 17.9. The molecule has 0 atom stereocenters. The fourth-order valence-corrected chi connectivity index (χ4v) is 5.85. The molecule has 0 unspecified atom stereocenters. The summed E-state index contributed by atoms with van der Waals surface area (Å²) in [6.07, 6.45) is 0.994. The van der Waals surface area contributed by atoms with Gasteiger partial charge in [-0.25, -0.2) is 8.42 Å². The van der Waals surface area contributed by atoms with Gasteiger partial charge in [0.05, 0.1) is 10.6 Å². The van der Waals surface area contributed by atoms with E-state index in [9.17, 15) is 13.2 Å². The van der Waals surface area contributed by atoms with Gasteiger partial charge in [0.15, 0.2) is 0 Å². The maximum absolute atomic E-state index is 13.3. The van der Waals surface area contributed by atoms with Crippen LogP contribution in [0.5, 0.6) is 0 Å². The van der Waals surface area contributed by atoms with Gasteiger partial charge < -0.3 is 4.90 Å². The van der Waals surface area contributed by atoms with E-state index in [-0.39, 0.29) is 10.8 Å². The van der Waals surface area contributed by atoms with Crippen molar-refractivity contribution in [3.8, 4) is 0 Å². The maximum Gasteiger partial charge on any atom is 0.261 e. The lowest BCUT2D eigenvalue weighted by atomic mass is 10.1. The number of carbonyl (C=O) groups is 1. The first-order valence-electron chi connectivity index (χ1n) is 12.6. The second-order valence-corrected chi connectivity index (χ2v) is 11.2. The third-order valence-electron chi connectivity index (χ3n) is 6.98. The first-order valence-corrected chi connectivity index (χ1v) is 14.1. The van der Waals surface area contributed by atoms with Gasteiger partial charge in [-0.2, -0.15) is 0 Å². The van der Waals surface area contributed by atoms with Crippen molar-refractivity contribution in [1.82, 2.24) is 9.80 Å². The average molecular weight is 514 g/mol. The van der Waals surface area contributed by atoms with E-state index in [0.717, 1.165) is 42.4 Å². The predicted octanol–water partition coefficient (Wildman–Crippen LogP) is 4.95. The Hall–Kier alpha value is -3.68. The van der Waals surface area contributed by atoms with Crippen molar-refractivity contribution in [3.05, 3.63) is 108 Å². The number of carbonyl (C=O) groups excluding carboxylic acids is 1. The van der Waals surface area contributed by atoms with Gasteiger partial charge in [0, 0.05) is 38.3 Å². The lowest BCUT2D eigenvalue weighted by molar-refractivity contribution is 0.0638. The molecule has 1 N–H and O–H groups in total. The van der Waals surface area contributed by atoms with Crippen LogP contribution in [0.25, 0.3) is 10.8 Å². The highest BCUT2D eigenvalue weighted by atomic mass is 32.2. The Morgan fingerprint density at radius 1 is 0.811 bits per heavy atom. The van der Waals surface area contributed by atoms with Gasteiger partial charge in [-0.3, -0.25) is 14.4 Å². The van der Waals surface area contributed by atoms with Crippen LogP contribution in [-0.2, 0) is 16.4 Å². The van der Waals surface area contributed by atoms with Gasteiger partial charge in [-0.05, 0) is 59.5 Å². The minimum Gasteiger partial charge on any atom is -0.336 e. The SMILES string of the molecule is Cc1ccc(C(=O)N2CCN(CCc3ccccc3)CC2)cc1NS(=O)(=O)c1ccc2ccccc2c1. The van der Waals surface area contributed by atoms with Crippen molar-refractivity contribution < 1.29 is 13.2 Å². The molecule has 1 aliphatic heterocycles.